The Morgan fingerprint density at radius 2 is 2.13 bits per heavy atom. The minimum Gasteiger partial charge on any atom is -0.332 e. The normalized spacial score (nSPS) is 25.7. The number of amides is 2. The van der Waals surface area contributed by atoms with Crippen molar-refractivity contribution in [3.63, 3.8) is 0 Å². The smallest absolute Gasteiger partial charge is 0.241 e. The van der Waals surface area contributed by atoms with Crippen LogP contribution in [0.3, 0.4) is 0 Å². The van der Waals surface area contributed by atoms with Crippen molar-refractivity contribution in [1.29, 1.82) is 0 Å². The fourth-order valence-corrected chi connectivity index (χ4v) is 2.55. The highest BCUT2D eigenvalue weighted by Crippen LogP contribution is 2.35. The number of hydrogen-bond acceptors (Lipinski definition) is 3. The lowest BCUT2D eigenvalue weighted by molar-refractivity contribution is -0.137. The zero-order valence-electron chi connectivity index (χ0n) is 8.95. The topological polar surface area (TPSA) is 75.4 Å². The van der Waals surface area contributed by atoms with Crippen LogP contribution in [0.15, 0.2) is 0 Å². The number of carbonyl (C=O) groups is 2. The molecule has 5 nitrogen and oxygen atoms in total. The van der Waals surface area contributed by atoms with Crippen LogP contribution in [-0.2, 0) is 9.59 Å². The van der Waals surface area contributed by atoms with Gasteiger partial charge in [0.05, 0.1) is 6.04 Å². The maximum atomic E-state index is 11.9. The summed E-state index contributed by atoms with van der Waals surface area (Å²) in [6.45, 7) is 1.83. The van der Waals surface area contributed by atoms with E-state index in [0.717, 1.165) is 25.7 Å². The highest BCUT2D eigenvalue weighted by molar-refractivity contribution is 5.91. The van der Waals surface area contributed by atoms with Crippen molar-refractivity contribution in [2.75, 3.05) is 6.54 Å². The summed E-state index contributed by atoms with van der Waals surface area (Å²) in [6.07, 6.45) is 3.83. The summed E-state index contributed by atoms with van der Waals surface area (Å²) in [5.74, 6) is -0.193. The molecule has 2 amide bonds. The van der Waals surface area contributed by atoms with Crippen LogP contribution in [0.25, 0.3) is 0 Å². The summed E-state index contributed by atoms with van der Waals surface area (Å²) in [5, 5.41) is 2.93. The summed E-state index contributed by atoms with van der Waals surface area (Å²) >= 11 is 0. The van der Waals surface area contributed by atoms with E-state index >= 15 is 0 Å². The average molecular weight is 211 g/mol. The van der Waals surface area contributed by atoms with E-state index < -0.39 is 11.7 Å². The average Bonchev–Trinajstić information content (AvgIpc) is 2.74. The van der Waals surface area contributed by atoms with Gasteiger partial charge in [0.2, 0.25) is 11.8 Å². The van der Waals surface area contributed by atoms with E-state index in [2.05, 4.69) is 5.32 Å². The SMILES string of the molecule is CC(N)C(=O)N1CC(=O)NC12CCCC2. The Morgan fingerprint density at radius 3 is 2.67 bits per heavy atom. The summed E-state index contributed by atoms with van der Waals surface area (Å²) < 4.78 is 0. The Bertz CT molecular complexity index is 295. The predicted octanol–water partition coefficient (Wildman–Crippen LogP) is -0.438. The maximum Gasteiger partial charge on any atom is 0.241 e. The van der Waals surface area contributed by atoms with Crippen LogP contribution in [-0.4, -0.2) is 35.0 Å². The zero-order valence-corrected chi connectivity index (χ0v) is 8.95. The molecule has 5 heteroatoms. The zero-order chi connectivity index (χ0) is 11.1. The highest BCUT2D eigenvalue weighted by atomic mass is 16.2. The maximum absolute atomic E-state index is 11.9. The number of nitrogens with zero attached hydrogens (tertiary/aromatic N) is 1. The van der Waals surface area contributed by atoms with Crippen molar-refractivity contribution in [3.05, 3.63) is 0 Å². The minimum atomic E-state index is -0.532. The molecule has 2 fully saturated rings. The predicted molar refractivity (Wildman–Crippen MR) is 54.7 cm³/mol. The third-order valence-corrected chi connectivity index (χ3v) is 3.28. The fourth-order valence-electron chi connectivity index (χ4n) is 2.55. The third kappa shape index (κ3) is 1.61. The van der Waals surface area contributed by atoms with Gasteiger partial charge < -0.3 is 16.0 Å². The van der Waals surface area contributed by atoms with E-state index in [1.807, 2.05) is 0 Å². The number of nitrogens with one attached hydrogen (secondary N) is 1. The van der Waals surface area contributed by atoms with Crippen molar-refractivity contribution in [2.45, 2.75) is 44.3 Å². The van der Waals surface area contributed by atoms with Crippen molar-refractivity contribution in [1.82, 2.24) is 10.2 Å². The first-order valence-electron chi connectivity index (χ1n) is 5.43. The molecule has 1 atom stereocenters. The van der Waals surface area contributed by atoms with Gasteiger partial charge in [-0.05, 0) is 32.6 Å². The molecule has 0 aromatic carbocycles. The van der Waals surface area contributed by atoms with E-state index in [0.29, 0.717) is 0 Å². The monoisotopic (exact) mass is 211 g/mol. The van der Waals surface area contributed by atoms with Gasteiger partial charge in [-0.3, -0.25) is 9.59 Å². The first kappa shape index (κ1) is 10.4. The van der Waals surface area contributed by atoms with E-state index in [1.165, 1.54) is 0 Å². The van der Waals surface area contributed by atoms with Gasteiger partial charge in [0.15, 0.2) is 0 Å². The van der Waals surface area contributed by atoms with Crippen LogP contribution in [0.1, 0.15) is 32.6 Å². The molecule has 0 radical (unpaired) electrons. The molecule has 84 valence electrons. The van der Waals surface area contributed by atoms with Crippen LogP contribution < -0.4 is 11.1 Å². The number of carbonyl (C=O) groups excluding carboxylic acids is 2. The van der Waals surface area contributed by atoms with Gasteiger partial charge >= 0.3 is 0 Å². The molecule has 15 heavy (non-hydrogen) atoms. The molecule has 1 saturated carbocycles. The molecule has 2 aliphatic rings. The molecule has 1 saturated heterocycles. The lowest BCUT2D eigenvalue weighted by Crippen LogP contribution is -2.55. The first-order chi connectivity index (χ1) is 7.05. The van der Waals surface area contributed by atoms with Crippen LogP contribution in [0.2, 0.25) is 0 Å². The molecule has 1 spiro atoms. The van der Waals surface area contributed by atoms with Gasteiger partial charge in [-0.2, -0.15) is 0 Å². The highest BCUT2D eigenvalue weighted by Gasteiger charge is 2.48. The Labute approximate surface area is 89.0 Å². The van der Waals surface area contributed by atoms with E-state index in [-0.39, 0.29) is 18.4 Å². The lowest BCUT2D eigenvalue weighted by atomic mass is 10.1. The minimum absolute atomic E-state index is 0.0640. The van der Waals surface area contributed by atoms with Crippen molar-refractivity contribution >= 4 is 11.8 Å². The van der Waals surface area contributed by atoms with Gasteiger partial charge in [-0.25, -0.2) is 0 Å². The first-order valence-corrected chi connectivity index (χ1v) is 5.43. The second-order valence-corrected chi connectivity index (χ2v) is 4.50. The molecule has 1 unspecified atom stereocenters. The van der Waals surface area contributed by atoms with Gasteiger partial charge in [-0.15, -0.1) is 0 Å². The van der Waals surface area contributed by atoms with E-state index in [4.69, 9.17) is 5.73 Å². The van der Waals surface area contributed by atoms with Gasteiger partial charge in [0, 0.05) is 0 Å². The summed E-state index contributed by atoms with van der Waals surface area (Å²) in [6, 6.07) is -0.532. The Morgan fingerprint density at radius 1 is 1.53 bits per heavy atom. The quantitative estimate of drug-likeness (QED) is 0.617. The Kier molecular flexibility index (Phi) is 2.42. The molecule has 1 heterocycles. The number of hydrogen-bond donors (Lipinski definition) is 2. The van der Waals surface area contributed by atoms with Crippen LogP contribution in [0.5, 0.6) is 0 Å². The molecule has 2 rings (SSSR count). The van der Waals surface area contributed by atoms with Crippen LogP contribution in [0.4, 0.5) is 0 Å². The van der Waals surface area contributed by atoms with Crippen molar-refractivity contribution in [3.8, 4) is 0 Å². The number of nitrogens with two attached hydrogens (primary N) is 1. The van der Waals surface area contributed by atoms with Crippen molar-refractivity contribution < 1.29 is 9.59 Å². The molecule has 1 aliphatic heterocycles. The van der Waals surface area contributed by atoms with Crippen LogP contribution in [0, 0.1) is 0 Å². The lowest BCUT2D eigenvalue weighted by Gasteiger charge is -2.34. The molecule has 1 aliphatic carbocycles. The van der Waals surface area contributed by atoms with Crippen LogP contribution >= 0.6 is 0 Å². The molecular formula is C10H17N3O2. The summed E-state index contributed by atoms with van der Waals surface area (Å²) in [4.78, 5) is 24.9. The molecule has 0 aromatic rings. The van der Waals surface area contributed by atoms with E-state index in [9.17, 15) is 9.59 Å². The van der Waals surface area contributed by atoms with Gasteiger partial charge in [0.1, 0.15) is 12.2 Å². The van der Waals surface area contributed by atoms with Crippen molar-refractivity contribution in [2.24, 2.45) is 5.73 Å². The molecule has 0 aromatic heterocycles. The fraction of sp³-hybridized carbons (Fsp3) is 0.800. The molecular weight excluding hydrogens is 194 g/mol. The standard InChI is InChI=1S/C10H17N3O2/c1-7(11)9(15)13-6-8(14)12-10(13)4-2-3-5-10/h7H,2-6,11H2,1H3,(H,12,14). The third-order valence-electron chi connectivity index (χ3n) is 3.28. The van der Waals surface area contributed by atoms with Gasteiger partial charge in [0.25, 0.3) is 0 Å². The molecule has 3 N–H and O–H groups in total. The van der Waals surface area contributed by atoms with Gasteiger partial charge in [-0.1, -0.05) is 0 Å². The molecule has 0 bridgehead atoms. The summed E-state index contributed by atoms with van der Waals surface area (Å²) in [5.41, 5.74) is 5.17. The second kappa shape index (κ2) is 3.48. The van der Waals surface area contributed by atoms with E-state index in [1.54, 1.807) is 11.8 Å². The largest absolute Gasteiger partial charge is 0.332 e. The Balaban J connectivity index is 2.22. The number of rotatable bonds is 1. The Hall–Kier alpha value is -1.10. The second-order valence-electron chi connectivity index (χ2n) is 4.50. The summed E-state index contributed by atoms with van der Waals surface area (Å²) in [7, 11) is 0.